The molecule has 1 aromatic heterocycles. The van der Waals surface area contributed by atoms with E-state index in [0.717, 1.165) is 4.47 Å². The van der Waals surface area contributed by atoms with Crippen molar-refractivity contribution in [2.75, 3.05) is 5.32 Å². The molecule has 0 atom stereocenters. The Kier molecular flexibility index (Phi) is 4.62. The number of aromatic nitrogens is 1. The maximum Gasteiger partial charge on any atom is 0.131 e. The van der Waals surface area contributed by atoms with Gasteiger partial charge in [0.05, 0.1) is 21.4 Å². The van der Waals surface area contributed by atoms with Crippen LogP contribution < -0.4 is 11.1 Å². The largest absolute Gasteiger partial charge is 0.388 e. The van der Waals surface area contributed by atoms with Gasteiger partial charge in [0.25, 0.3) is 0 Å². The van der Waals surface area contributed by atoms with Crippen molar-refractivity contribution < 1.29 is 0 Å². The van der Waals surface area contributed by atoms with E-state index in [1.54, 1.807) is 30.3 Å². The van der Waals surface area contributed by atoms with Gasteiger partial charge in [0.1, 0.15) is 10.8 Å². The average molecular weight is 377 g/mol. The van der Waals surface area contributed by atoms with Crippen molar-refractivity contribution in [1.29, 1.82) is 0 Å². The highest BCUT2D eigenvalue weighted by atomic mass is 79.9. The third kappa shape index (κ3) is 3.36. The second-order valence-corrected chi connectivity index (χ2v) is 5.67. The molecule has 1 aromatic carbocycles. The number of thiocarbonyl (C=S) groups is 1. The topological polar surface area (TPSA) is 50.9 Å². The molecule has 0 fully saturated rings. The molecule has 7 heteroatoms. The highest BCUT2D eigenvalue weighted by Gasteiger charge is 2.09. The van der Waals surface area contributed by atoms with Gasteiger partial charge in [-0.1, -0.05) is 41.5 Å². The molecule has 0 aliphatic carbocycles. The first kappa shape index (κ1) is 14.5. The summed E-state index contributed by atoms with van der Waals surface area (Å²) in [7, 11) is 0. The number of hydrogen-bond acceptors (Lipinski definition) is 3. The van der Waals surface area contributed by atoms with Gasteiger partial charge in [0, 0.05) is 4.47 Å². The van der Waals surface area contributed by atoms with Crippen LogP contribution in [0.5, 0.6) is 0 Å². The van der Waals surface area contributed by atoms with Crippen LogP contribution in [0, 0.1) is 0 Å². The third-order valence-electron chi connectivity index (χ3n) is 2.30. The molecule has 3 nitrogen and oxygen atoms in total. The summed E-state index contributed by atoms with van der Waals surface area (Å²) in [5, 5.41) is 3.93. The molecular formula is C12H8BrCl2N3S. The lowest BCUT2D eigenvalue weighted by atomic mass is 10.3. The predicted molar refractivity (Wildman–Crippen MR) is 87.6 cm³/mol. The van der Waals surface area contributed by atoms with E-state index in [1.165, 1.54) is 0 Å². The molecule has 0 aliphatic heterocycles. The first-order chi connectivity index (χ1) is 8.99. The highest BCUT2D eigenvalue weighted by molar-refractivity contribution is 9.10. The van der Waals surface area contributed by atoms with E-state index >= 15 is 0 Å². The second kappa shape index (κ2) is 6.05. The fourth-order valence-electron chi connectivity index (χ4n) is 1.40. The first-order valence-electron chi connectivity index (χ1n) is 5.16. The minimum Gasteiger partial charge on any atom is -0.388 e. The van der Waals surface area contributed by atoms with E-state index in [9.17, 15) is 0 Å². The SMILES string of the molecule is NC(=S)c1cccc(Nc2ccc(Br)c(Cl)c2Cl)n1. The molecule has 0 spiro atoms. The van der Waals surface area contributed by atoms with Gasteiger partial charge in [-0.15, -0.1) is 0 Å². The van der Waals surface area contributed by atoms with Gasteiger partial charge >= 0.3 is 0 Å². The number of benzene rings is 1. The third-order valence-corrected chi connectivity index (χ3v) is 4.28. The lowest BCUT2D eigenvalue weighted by molar-refractivity contribution is 1.28. The molecular weight excluding hydrogens is 369 g/mol. The van der Waals surface area contributed by atoms with Crippen molar-refractivity contribution in [2.45, 2.75) is 0 Å². The monoisotopic (exact) mass is 375 g/mol. The minimum absolute atomic E-state index is 0.239. The first-order valence-corrected chi connectivity index (χ1v) is 7.12. The van der Waals surface area contributed by atoms with Gasteiger partial charge in [-0.2, -0.15) is 0 Å². The number of nitrogens with zero attached hydrogens (tertiary/aromatic N) is 1. The number of anilines is 2. The number of rotatable bonds is 3. The number of halogens is 3. The number of nitrogens with two attached hydrogens (primary N) is 1. The molecule has 98 valence electrons. The van der Waals surface area contributed by atoms with Gasteiger partial charge in [0.2, 0.25) is 0 Å². The lowest BCUT2D eigenvalue weighted by Crippen LogP contribution is -2.12. The Balaban J connectivity index is 2.34. The highest BCUT2D eigenvalue weighted by Crippen LogP contribution is 2.36. The molecule has 0 saturated carbocycles. The zero-order valence-corrected chi connectivity index (χ0v) is 13.4. The van der Waals surface area contributed by atoms with Gasteiger partial charge in [0.15, 0.2) is 0 Å². The molecule has 2 aromatic rings. The van der Waals surface area contributed by atoms with Crippen LogP contribution in [0.2, 0.25) is 10.0 Å². The molecule has 2 rings (SSSR count). The Morgan fingerprint density at radius 3 is 2.63 bits per heavy atom. The summed E-state index contributed by atoms with van der Waals surface area (Å²) < 4.78 is 0.731. The Hall–Kier alpha value is -0.880. The second-order valence-electron chi connectivity index (χ2n) is 3.62. The molecule has 0 aliphatic rings. The normalized spacial score (nSPS) is 10.3. The fourth-order valence-corrected chi connectivity index (χ4v) is 2.34. The molecule has 0 unspecified atom stereocenters. The molecule has 1 heterocycles. The van der Waals surface area contributed by atoms with Crippen LogP contribution in [-0.2, 0) is 0 Å². The van der Waals surface area contributed by atoms with Crippen molar-refractivity contribution >= 4 is 67.8 Å². The van der Waals surface area contributed by atoms with Crippen molar-refractivity contribution in [3.8, 4) is 0 Å². The zero-order chi connectivity index (χ0) is 14.0. The van der Waals surface area contributed by atoms with Crippen molar-refractivity contribution in [1.82, 2.24) is 4.98 Å². The number of pyridine rings is 1. The molecule has 19 heavy (non-hydrogen) atoms. The summed E-state index contributed by atoms with van der Waals surface area (Å²) in [6, 6.07) is 8.93. The maximum atomic E-state index is 6.15. The standard InChI is InChI=1S/C12H8BrCl2N3S/c13-6-4-5-7(11(15)10(6)14)17-9-3-1-2-8(18-9)12(16)19/h1-5H,(H2,16,19)(H,17,18). The van der Waals surface area contributed by atoms with Crippen molar-refractivity contribution in [3.05, 3.63) is 50.5 Å². The van der Waals surface area contributed by atoms with Crippen LogP contribution in [0.15, 0.2) is 34.8 Å². The Labute approximate surface area is 134 Å². The summed E-state index contributed by atoms with van der Waals surface area (Å²) in [6.07, 6.45) is 0. The Morgan fingerprint density at radius 2 is 1.95 bits per heavy atom. The minimum atomic E-state index is 0.239. The van der Waals surface area contributed by atoms with E-state index < -0.39 is 0 Å². The van der Waals surface area contributed by atoms with Crippen LogP contribution in [-0.4, -0.2) is 9.97 Å². The van der Waals surface area contributed by atoms with E-state index in [4.69, 9.17) is 41.2 Å². The van der Waals surface area contributed by atoms with Crippen LogP contribution in [0.25, 0.3) is 0 Å². The van der Waals surface area contributed by atoms with E-state index in [2.05, 4.69) is 26.2 Å². The molecule has 3 N–H and O–H groups in total. The lowest BCUT2D eigenvalue weighted by Gasteiger charge is -2.10. The maximum absolute atomic E-state index is 6.15. The van der Waals surface area contributed by atoms with Crippen LogP contribution in [0.3, 0.4) is 0 Å². The van der Waals surface area contributed by atoms with Gasteiger partial charge < -0.3 is 11.1 Å². The van der Waals surface area contributed by atoms with Gasteiger partial charge in [-0.3, -0.25) is 0 Å². The molecule has 0 amide bonds. The van der Waals surface area contributed by atoms with Crippen LogP contribution >= 0.6 is 51.3 Å². The summed E-state index contributed by atoms with van der Waals surface area (Å²) in [5.74, 6) is 0.589. The molecule has 0 radical (unpaired) electrons. The van der Waals surface area contributed by atoms with Gasteiger partial charge in [-0.25, -0.2) is 4.98 Å². The number of nitrogens with one attached hydrogen (secondary N) is 1. The van der Waals surface area contributed by atoms with Crippen LogP contribution in [0.4, 0.5) is 11.5 Å². The van der Waals surface area contributed by atoms with E-state index in [-0.39, 0.29) is 4.99 Å². The summed E-state index contributed by atoms with van der Waals surface area (Å²) in [4.78, 5) is 4.51. The van der Waals surface area contributed by atoms with Crippen LogP contribution in [0.1, 0.15) is 5.69 Å². The quantitative estimate of drug-likeness (QED) is 0.610. The summed E-state index contributed by atoms with van der Waals surface area (Å²) >= 11 is 20.4. The van der Waals surface area contributed by atoms with Crippen molar-refractivity contribution in [2.24, 2.45) is 5.73 Å². The smallest absolute Gasteiger partial charge is 0.131 e. The Morgan fingerprint density at radius 1 is 1.21 bits per heavy atom. The van der Waals surface area contributed by atoms with Gasteiger partial charge in [-0.05, 0) is 40.2 Å². The Bertz CT molecular complexity index is 649. The molecule has 0 bridgehead atoms. The summed E-state index contributed by atoms with van der Waals surface area (Å²) in [5.41, 5.74) is 6.73. The van der Waals surface area contributed by atoms with E-state index in [1.807, 2.05) is 0 Å². The summed E-state index contributed by atoms with van der Waals surface area (Å²) in [6.45, 7) is 0. The number of hydrogen-bond donors (Lipinski definition) is 2. The predicted octanol–water partition coefficient (Wildman–Crippen LogP) is 4.53. The fraction of sp³-hybridized carbons (Fsp3) is 0. The zero-order valence-electron chi connectivity index (χ0n) is 9.45. The van der Waals surface area contributed by atoms with E-state index in [0.29, 0.717) is 27.2 Å². The van der Waals surface area contributed by atoms with Crippen molar-refractivity contribution in [3.63, 3.8) is 0 Å². The average Bonchev–Trinajstić information content (AvgIpc) is 2.40. The molecule has 0 saturated heterocycles.